The molecule has 134 valence electrons. The fourth-order valence-electron chi connectivity index (χ4n) is 2.73. The summed E-state index contributed by atoms with van der Waals surface area (Å²) in [5.74, 6) is 0.895. The highest BCUT2D eigenvalue weighted by molar-refractivity contribution is 6.30. The highest BCUT2D eigenvalue weighted by Gasteiger charge is 2.27. The van der Waals surface area contributed by atoms with E-state index in [-0.39, 0.29) is 17.6 Å². The van der Waals surface area contributed by atoms with Crippen LogP contribution in [0.3, 0.4) is 0 Å². The predicted octanol–water partition coefficient (Wildman–Crippen LogP) is 2.63. The van der Waals surface area contributed by atoms with E-state index >= 15 is 0 Å². The van der Waals surface area contributed by atoms with E-state index in [1.54, 1.807) is 13.3 Å². The molecule has 1 atom stereocenters. The summed E-state index contributed by atoms with van der Waals surface area (Å²) < 4.78 is 5.48. The van der Waals surface area contributed by atoms with E-state index in [0.29, 0.717) is 24.7 Å². The Bertz CT molecular complexity index is 537. The van der Waals surface area contributed by atoms with Gasteiger partial charge in [-0.15, -0.1) is 0 Å². The monoisotopic (exact) mass is 354 g/mol. The highest BCUT2D eigenvalue weighted by Crippen LogP contribution is 2.21. The van der Waals surface area contributed by atoms with Crippen molar-refractivity contribution in [2.75, 3.05) is 44.7 Å². The minimum atomic E-state index is -0.0370. The Kier molecular flexibility index (Phi) is 6.29. The van der Waals surface area contributed by atoms with Crippen LogP contribution in [0.15, 0.2) is 18.3 Å². The number of amides is 2. The summed E-state index contributed by atoms with van der Waals surface area (Å²) >= 11 is 5.87. The lowest BCUT2D eigenvalue weighted by Gasteiger charge is -2.36. The van der Waals surface area contributed by atoms with Crippen LogP contribution in [-0.2, 0) is 4.74 Å². The number of hydrogen-bond donors (Lipinski definition) is 1. The van der Waals surface area contributed by atoms with Crippen molar-refractivity contribution in [1.29, 1.82) is 0 Å². The molecule has 2 amide bonds. The zero-order valence-corrected chi connectivity index (χ0v) is 15.6. The van der Waals surface area contributed by atoms with Crippen molar-refractivity contribution in [3.8, 4) is 0 Å². The number of carbonyl (C=O) groups is 1. The second-order valence-corrected chi connectivity index (χ2v) is 7.52. The number of halogens is 1. The van der Waals surface area contributed by atoms with E-state index in [9.17, 15) is 4.79 Å². The number of aromatic nitrogens is 1. The topological polar surface area (TPSA) is 57.7 Å². The Labute approximate surface area is 149 Å². The summed E-state index contributed by atoms with van der Waals surface area (Å²) in [5, 5.41) is 3.61. The predicted molar refractivity (Wildman–Crippen MR) is 96.7 cm³/mol. The standard InChI is InChI=1S/C17H27ClN4O2/c1-17(2,3)14(24-4)12-20-16(23)22-9-7-21(8-10-22)15-6-5-13(18)11-19-15/h5-6,11,14H,7-10,12H2,1-4H3,(H,20,23)/t14-/m0/s1. The first-order valence-corrected chi connectivity index (χ1v) is 8.61. The second-order valence-electron chi connectivity index (χ2n) is 7.09. The molecular formula is C17H27ClN4O2. The molecule has 0 saturated carbocycles. The number of methoxy groups -OCH3 is 1. The number of rotatable bonds is 4. The SMILES string of the molecule is CO[C@@H](CNC(=O)N1CCN(c2ccc(Cl)cn2)CC1)C(C)(C)C. The molecule has 2 rings (SSSR count). The summed E-state index contributed by atoms with van der Waals surface area (Å²) in [4.78, 5) is 20.7. The van der Waals surface area contributed by atoms with Crippen LogP contribution >= 0.6 is 11.6 Å². The van der Waals surface area contributed by atoms with Crippen LogP contribution in [0.25, 0.3) is 0 Å². The van der Waals surface area contributed by atoms with Crippen LogP contribution < -0.4 is 10.2 Å². The zero-order chi connectivity index (χ0) is 17.7. The maximum atomic E-state index is 12.3. The average Bonchev–Trinajstić information content (AvgIpc) is 2.55. The molecule has 1 fully saturated rings. The third-order valence-corrected chi connectivity index (χ3v) is 4.52. The molecule has 1 aliphatic heterocycles. The van der Waals surface area contributed by atoms with Gasteiger partial charge in [-0.1, -0.05) is 32.4 Å². The van der Waals surface area contributed by atoms with Gasteiger partial charge in [0.15, 0.2) is 0 Å². The second kappa shape index (κ2) is 8.03. The summed E-state index contributed by atoms with van der Waals surface area (Å²) in [6.07, 6.45) is 1.63. The number of ether oxygens (including phenoxy) is 1. The lowest BCUT2D eigenvalue weighted by molar-refractivity contribution is 0.0185. The Morgan fingerprint density at radius 1 is 1.33 bits per heavy atom. The molecule has 0 spiro atoms. The van der Waals surface area contributed by atoms with Crippen LogP contribution in [0.2, 0.25) is 5.02 Å². The van der Waals surface area contributed by atoms with Gasteiger partial charge in [0.2, 0.25) is 0 Å². The number of piperazine rings is 1. The quantitative estimate of drug-likeness (QED) is 0.903. The van der Waals surface area contributed by atoms with Crippen molar-refractivity contribution < 1.29 is 9.53 Å². The third kappa shape index (κ3) is 4.98. The van der Waals surface area contributed by atoms with Gasteiger partial charge in [-0.05, 0) is 17.5 Å². The number of urea groups is 1. The van der Waals surface area contributed by atoms with Crippen LogP contribution in [0.1, 0.15) is 20.8 Å². The molecule has 2 heterocycles. The molecule has 1 aliphatic rings. The van der Waals surface area contributed by atoms with Crippen molar-refractivity contribution in [2.24, 2.45) is 5.41 Å². The van der Waals surface area contributed by atoms with Gasteiger partial charge in [-0.3, -0.25) is 0 Å². The molecule has 0 radical (unpaired) electrons. The van der Waals surface area contributed by atoms with Crippen LogP contribution in [-0.4, -0.2) is 61.9 Å². The number of nitrogens with one attached hydrogen (secondary N) is 1. The summed E-state index contributed by atoms with van der Waals surface area (Å²) in [6.45, 7) is 9.68. The van der Waals surface area contributed by atoms with E-state index < -0.39 is 0 Å². The number of hydrogen-bond acceptors (Lipinski definition) is 4. The smallest absolute Gasteiger partial charge is 0.317 e. The fourth-order valence-corrected chi connectivity index (χ4v) is 2.84. The van der Waals surface area contributed by atoms with Gasteiger partial charge in [0.25, 0.3) is 0 Å². The van der Waals surface area contributed by atoms with Crippen molar-refractivity contribution in [3.05, 3.63) is 23.4 Å². The first-order valence-electron chi connectivity index (χ1n) is 8.23. The van der Waals surface area contributed by atoms with E-state index in [4.69, 9.17) is 16.3 Å². The van der Waals surface area contributed by atoms with E-state index in [0.717, 1.165) is 18.9 Å². The van der Waals surface area contributed by atoms with Gasteiger partial charge in [-0.2, -0.15) is 0 Å². The Morgan fingerprint density at radius 2 is 2.00 bits per heavy atom. The van der Waals surface area contributed by atoms with E-state index in [1.165, 1.54) is 0 Å². The van der Waals surface area contributed by atoms with Crippen molar-refractivity contribution in [2.45, 2.75) is 26.9 Å². The normalized spacial score (nSPS) is 16.9. The summed E-state index contributed by atoms with van der Waals surface area (Å²) in [7, 11) is 1.68. The summed E-state index contributed by atoms with van der Waals surface area (Å²) in [6, 6.07) is 3.70. The molecule has 1 saturated heterocycles. The Hall–Kier alpha value is -1.53. The molecule has 6 nitrogen and oxygen atoms in total. The van der Waals surface area contributed by atoms with Crippen LogP contribution in [0, 0.1) is 5.41 Å². The molecule has 24 heavy (non-hydrogen) atoms. The Balaban J connectivity index is 1.81. The van der Waals surface area contributed by atoms with E-state index in [1.807, 2.05) is 17.0 Å². The van der Waals surface area contributed by atoms with E-state index in [2.05, 4.69) is 36.0 Å². The minimum absolute atomic E-state index is 0.0129. The molecule has 1 aromatic rings. The van der Waals surface area contributed by atoms with Gasteiger partial charge in [0, 0.05) is 46.0 Å². The fraction of sp³-hybridized carbons (Fsp3) is 0.647. The third-order valence-electron chi connectivity index (χ3n) is 4.29. The van der Waals surface area contributed by atoms with Gasteiger partial charge < -0.3 is 19.9 Å². The Morgan fingerprint density at radius 3 is 2.50 bits per heavy atom. The molecule has 1 aromatic heterocycles. The maximum Gasteiger partial charge on any atom is 0.317 e. The first-order chi connectivity index (χ1) is 11.3. The number of anilines is 1. The van der Waals surface area contributed by atoms with Gasteiger partial charge >= 0.3 is 6.03 Å². The van der Waals surface area contributed by atoms with Crippen molar-refractivity contribution in [3.63, 3.8) is 0 Å². The summed E-state index contributed by atoms with van der Waals surface area (Å²) in [5.41, 5.74) is -0.0129. The largest absolute Gasteiger partial charge is 0.379 e. The van der Waals surface area contributed by atoms with Crippen LogP contribution in [0.5, 0.6) is 0 Å². The number of carbonyl (C=O) groups excluding carboxylic acids is 1. The minimum Gasteiger partial charge on any atom is -0.379 e. The maximum absolute atomic E-state index is 12.3. The highest BCUT2D eigenvalue weighted by atomic mass is 35.5. The number of pyridine rings is 1. The molecule has 0 aliphatic carbocycles. The molecule has 7 heteroatoms. The number of nitrogens with zero attached hydrogens (tertiary/aromatic N) is 3. The molecule has 0 aromatic carbocycles. The lowest BCUT2D eigenvalue weighted by atomic mass is 9.89. The molecule has 0 unspecified atom stereocenters. The zero-order valence-electron chi connectivity index (χ0n) is 14.9. The lowest BCUT2D eigenvalue weighted by Crippen LogP contribution is -2.53. The van der Waals surface area contributed by atoms with Crippen LogP contribution in [0.4, 0.5) is 10.6 Å². The van der Waals surface area contributed by atoms with Gasteiger partial charge in [-0.25, -0.2) is 9.78 Å². The average molecular weight is 355 g/mol. The molecule has 1 N–H and O–H groups in total. The molecule has 0 bridgehead atoms. The van der Waals surface area contributed by atoms with Crippen molar-refractivity contribution in [1.82, 2.24) is 15.2 Å². The first kappa shape index (κ1) is 18.8. The van der Waals surface area contributed by atoms with Gasteiger partial charge in [0.1, 0.15) is 5.82 Å². The molecular weight excluding hydrogens is 328 g/mol. The van der Waals surface area contributed by atoms with Gasteiger partial charge in [0.05, 0.1) is 11.1 Å². The van der Waals surface area contributed by atoms with Crippen molar-refractivity contribution >= 4 is 23.4 Å².